The van der Waals surface area contributed by atoms with Gasteiger partial charge in [0.2, 0.25) is 0 Å². The van der Waals surface area contributed by atoms with Crippen molar-refractivity contribution in [2.24, 2.45) is 0 Å². The third kappa shape index (κ3) is 2.80. The first-order chi connectivity index (χ1) is 6.86. The fourth-order valence-corrected chi connectivity index (χ4v) is 6.89. The predicted octanol–water partition coefficient (Wildman–Crippen LogP) is 3.57. The van der Waals surface area contributed by atoms with E-state index in [0.29, 0.717) is 0 Å². The fraction of sp³-hybridized carbons (Fsp3) is 0.400. The lowest BCUT2D eigenvalue weighted by Gasteiger charge is -2.17. The summed E-state index contributed by atoms with van der Waals surface area (Å²) < 4.78 is 0. The summed E-state index contributed by atoms with van der Waals surface area (Å²) >= 11 is 18.7. The van der Waals surface area contributed by atoms with E-state index in [9.17, 15) is 0 Å². The van der Waals surface area contributed by atoms with E-state index in [1.165, 1.54) is 0 Å². The standard InChI is InChI=1S/C10H13Cl3Si2/c1-14(2)9-6(11)5-7(12)10(8(9)13)15(3)4/h5H,1-4H3. The molecule has 1 rings (SSSR count). The molecule has 0 fully saturated rings. The molecule has 0 amide bonds. The summed E-state index contributed by atoms with van der Waals surface area (Å²) in [7, 11) is -1.30. The summed E-state index contributed by atoms with van der Waals surface area (Å²) in [4.78, 5) is 0. The Labute approximate surface area is 110 Å². The van der Waals surface area contributed by atoms with Gasteiger partial charge in [0.1, 0.15) is 0 Å². The molecule has 15 heavy (non-hydrogen) atoms. The number of benzene rings is 1. The number of hydrogen-bond donors (Lipinski definition) is 0. The van der Waals surface area contributed by atoms with Crippen LogP contribution in [-0.2, 0) is 0 Å². The minimum absolute atomic E-state index is 0.650. The molecule has 0 spiro atoms. The van der Waals surface area contributed by atoms with Crippen molar-refractivity contribution in [3.8, 4) is 0 Å². The molecule has 0 aliphatic rings. The van der Waals surface area contributed by atoms with Crippen molar-refractivity contribution in [1.82, 2.24) is 0 Å². The van der Waals surface area contributed by atoms with Gasteiger partial charge in [-0.25, -0.2) is 0 Å². The molecular weight excluding hydrogens is 283 g/mol. The van der Waals surface area contributed by atoms with Gasteiger partial charge in [-0.3, -0.25) is 0 Å². The molecule has 1 aromatic rings. The molecule has 0 unspecified atom stereocenters. The number of hydrogen-bond acceptors (Lipinski definition) is 0. The molecule has 1 aromatic carbocycles. The zero-order valence-corrected chi connectivity index (χ0v) is 13.5. The molecule has 5 heteroatoms. The Morgan fingerprint density at radius 1 is 0.800 bits per heavy atom. The minimum Gasteiger partial charge on any atom is -0.0845 e. The zero-order chi connectivity index (χ0) is 11.7. The highest BCUT2D eigenvalue weighted by Crippen LogP contribution is 2.20. The van der Waals surface area contributed by atoms with Crippen molar-refractivity contribution in [3.63, 3.8) is 0 Å². The molecule has 0 aliphatic heterocycles. The van der Waals surface area contributed by atoms with Gasteiger partial charge in [-0.2, -0.15) is 0 Å². The van der Waals surface area contributed by atoms with Gasteiger partial charge in [-0.05, 0) is 16.4 Å². The average molecular weight is 296 g/mol. The van der Waals surface area contributed by atoms with Gasteiger partial charge in [0.25, 0.3) is 0 Å². The van der Waals surface area contributed by atoms with E-state index >= 15 is 0 Å². The summed E-state index contributed by atoms with van der Waals surface area (Å²) in [6.07, 6.45) is 0. The Kier molecular flexibility index (Phi) is 4.74. The van der Waals surface area contributed by atoms with Crippen LogP contribution in [0.15, 0.2) is 6.07 Å². The van der Waals surface area contributed by atoms with Crippen molar-refractivity contribution >= 4 is 62.8 Å². The van der Waals surface area contributed by atoms with Crippen LogP contribution in [0.4, 0.5) is 0 Å². The van der Waals surface area contributed by atoms with Crippen LogP contribution < -0.4 is 10.4 Å². The van der Waals surface area contributed by atoms with Gasteiger partial charge in [-0.1, -0.05) is 61.0 Å². The van der Waals surface area contributed by atoms with Crippen molar-refractivity contribution in [1.29, 1.82) is 0 Å². The van der Waals surface area contributed by atoms with Gasteiger partial charge in [0, 0.05) is 15.1 Å². The molecule has 0 aliphatic carbocycles. The molecule has 0 nitrogen and oxygen atoms in total. The minimum atomic E-state index is -0.650. The largest absolute Gasteiger partial charge is 0.0845 e. The van der Waals surface area contributed by atoms with E-state index in [2.05, 4.69) is 26.2 Å². The highest BCUT2D eigenvalue weighted by molar-refractivity contribution is 6.81. The van der Waals surface area contributed by atoms with Gasteiger partial charge < -0.3 is 0 Å². The van der Waals surface area contributed by atoms with Crippen LogP contribution in [-0.4, -0.2) is 17.6 Å². The van der Waals surface area contributed by atoms with Crippen LogP contribution in [0, 0.1) is 0 Å². The molecule has 0 heterocycles. The second kappa shape index (κ2) is 5.24. The second-order valence-electron chi connectivity index (χ2n) is 3.90. The van der Waals surface area contributed by atoms with Gasteiger partial charge >= 0.3 is 0 Å². The average Bonchev–Trinajstić information content (AvgIpc) is 1.99. The van der Waals surface area contributed by atoms with E-state index in [1.807, 2.05) is 6.07 Å². The van der Waals surface area contributed by atoms with Crippen LogP contribution in [0.2, 0.25) is 41.3 Å². The van der Waals surface area contributed by atoms with Gasteiger partial charge in [0.05, 0.1) is 17.6 Å². The lowest BCUT2D eigenvalue weighted by atomic mass is 10.3. The Morgan fingerprint density at radius 2 is 1.13 bits per heavy atom. The first-order valence-electron chi connectivity index (χ1n) is 4.64. The normalized spacial score (nSPS) is 11.5. The smallest absolute Gasteiger partial charge is 0.0831 e. The Morgan fingerprint density at radius 3 is 1.40 bits per heavy atom. The lowest BCUT2D eigenvalue weighted by Crippen LogP contribution is -2.35. The zero-order valence-electron chi connectivity index (χ0n) is 9.21. The first-order valence-corrected chi connectivity index (χ1v) is 10.8. The third-order valence-corrected chi connectivity index (χ3v) is 6.82. The molecular formula is C10H13Cl3Si2. The van der Waals surface area contributed by atoms with Crippen molar-refractivity contribution in [3.05, 3.63) is 21.1 Å². The summed E-state index contributed by atoms with van der Waals surface area (Å²) in [6.45, 7) is 8.75. The Bertz CT molecular complexity index is 343. The van der Waals surface area contributed by atoms with Gasteiger partial charge in [-0.15, -0.1) is 0 Å². The molecule has 0 saturated heterocycles. The lowest BCUT2D eigenvalue weighted by molar-refractivity contribution is 1.75. The molecule has 2 radical (unpaired) electrons. The molecule has 0 bridgehead atoms. The molecule has 0 atom stereocenters. The van der Waals surface area contributed by atoms with Crippen LogP contribution >= 0.6 is 34.8 Å². The third-order valence-electron chi connectivity index (χ3n) is 2.17. The van der Waals surface area contributed by atoms with Gasteiger partial charge in [0.15, 0.2) is 0 Å². The van der Waals surface area contributed by atoms with E-state index in [4.69, 9.17) is 34.8 Å². The summed E-state index contributed by atoms with van der Waals surface area (Å²) in [5.74, 6) is 0. The maximum Gasteiger partial charge on any atom is 0.0831 e. The summed E-state index contributed by atoms with van der Waals surface area (Å²) in [5, 5.41) is 4.49. The van der Waals surface area contributed by atoms with Crippen molar-refractivity contribution in [2.45, 2.75) is 26.2 Å². The Balaban J connectivity index is 3.49. The topological polar surface area (TPSA) is 0 Å². The molecule has 0 N–H and O–H groups in total. The number of rotatable bonds is 2. The van der Waals surface area contributed by atoms with Crippen LogP contribution in [0.5, 0.6) is 0 Å². The van der Waals surface area contributed by atoms with Crippen molar-refractivity contribution < 1.29 is 0 Å². The van der Waals surface area contributed by atoms with E-state index < -0.39 is 17.6 Å². The van der Waals surface area contributed by atoms with Crippen LogP contribution in [0.1, 0.15) is 0 Å². The fourth-order valence-electron chi connectivity index (χ4n) is 1.51. The highest BCUT2D eigenvalue weighted by atomic mass is 35.5. The summed E-state index contributed by atoms with van der Waals surface area (Å²) in [6, 6.07) is 1.84. The monoisotopic (exact) mass is 294 g/mol. The summed E-state index contributed by atoms with van der Waals surface area (Å²) in [5.41, 5.74) is 0. The molecule has 82 valence electrons. The molecule has 0 aromatic heterocycles. The van der Waals surface area contributed by atoms with Crippen molar-refractivity contribution in [2.75, 3.05) is 0 Å². The predicted molar refractivity (Wildman–Crippen MR) is 75.7 cm³/mol. The first kappa shape index (κ1) is 13.6. The quantitative estimate of drug-likeness (QED) is 0.732. The van der Waals surface area contributed by atoms with E-state index in [1.54, 1.807) is 0 Å². The van der Waals surface area contributed by atoms with E-state index in [-0.39, 0.29) is 0 Å². The maximum absolute atomic E-state index is 6.39. The number of halogens is 3. The maximum atomic E-state index is 6.39. The Hall–Kier alpha value is 0.524. The second-order valence-corrected chi connectivity index (χ2v) is 10.1. The van der Waals surface area contributed by atoms with Crippen LogP contribution in [0.3, 0.4) is 0 Å². The van der Waals surface area contributed by atoms with E-state index in [0.717, 1.165) is 25.4 Å². The van der Waals surface area contributed by atoms with Crippen LogP contribution in [0.25, 0.3) is 0 Å². The SMILES string of the molecule is C[Si](C)c1c(Cl)cc(Cl)c([Si](C)C)c1Cl. The highest BCUT2D eigenvalue weighted by Gasteiger charge is 2.20. The molecule has 0 saturated carbocycles.